The predicted octanol–water partition coefficient (Wildman–Crippen LogP) is -0.142. The van der Waals surface area contributed by atoms with Crippen LogP contribution in [0.3, 0.4) is 0 Å². The summed E-state index contributed by atoms with van der Waals surface area (Å²) in [4.78, 5) is 26.7. The van der Waals surface area contributed by atoms with E-state index in [1.54, 1.807) is 14.2 Å². The molecular weight excluding hydrogens is 258 g/mol. The summed E-state index contributed by atoms with van der Waals surface area (Å²) in [6.07, 6.45) is 3.45. The van der Waals surface area contributed by atoms with Crippen molar-refractivity contribution in [3.05, 3.63) is 12.7 Å². The first kappa shape index (κ1) is 16.7. The van der Waals surface area contributed by atoms with Gasteiger partial charge >= 0.3 is 0 Å². The monoisotopic (exact) mass is 283 g/mol. The third-order valence-corrected chi connectivity index (χ3v) is 3.55. The summed E-state index contributed by atoms with van der Waals surface area (Å²) in [5.41, 5.74) is 0. The fraction of sp³-hybridized carbons (Fsp3) is 0.714. The van der Waals surface area contributed by atoms with Crippen LogP contribution in [0, 0.1) is 0 Å². The first-order valence-electron chi connectivity index (χ1n) is 6.95. The molecular formula is C14H25N3O3. The topological polar surface area (TPSA) is 61.9 Å². The molecule has 1 atom stereocenters. The maximum Gasteiger partial charge on any atom is 0.246 e. The van der Waals surface area contributed by atoms with Crippen LogP contribution in [0.5, 0.6) is 0 Å². The summed E-state index contributed by atoms with van der Waals surface area (Å²) < 4.78 is 5.09. The first-order chi connectivity index (χ1) is 9.58. The van der Waals surface area contributed by atoms with Crippen molar-refractivity contribution in [2.75, 3.05) is 46.9 Å². The normalized spacial score (nSPS) is 18.8. The third kappa shape index (κ3) is 5.30. The molecule has 0 aromatic rings. The van der Waals surface area contributed by atoms with Gasteiger partial charge < -0.3 is 15.0 Å². The molecule has 6 heteroatoms. The number of hydrogen-bond acceptors (Lipinski definition) is 4. The van der Waals surface area contributed by atoms with Crippen molar-refractivity contribution in [1.29, 1.82) is 0 Å². The van der Waals surface area contributed by atoms with Gasteiger partial charge in [-0.05, 0) is 25.5 Å². The highest BCUT2D eigenvalue weighted by Crippen LogP contribution is 2.15. The van der Waals surface area contributed by atoms with Gasteiger partial charge in [0, 0.05) is 33.3 Å². The zero-order chi connectivity index (χ0) is 15.0. The molecule has 0 aromatic carbocycles. The fourth-order valence-electron chi connectivity index (χ4n) is 2.37. The minimum absolute atomic E-state index is 0.0651. The number of carbonyl (C=O) groups is 2. The Balaban J connectivity index is 2.29. The largest absolute Gasteiger partial charge is 0.383 e. The van der Waals surface area contributed by atoms with Crippen LogP contribution in [-0.2, 0) is 14.3 Å². The van der Waals surface area contributed by atoms with Crippen LogP contribution < -0.4 is 5.32 Å². The summed E-state index contributed by atoms with van der Waals surface area (Å²) in [6, 6.07) is 0.370. The zero-order valence-corrected chi connectivity index (χ0v) is 12.4. The lowest BCUT2D eigenvalue weighted by Gasteiger charge is -2.24. The van der Waals surface area contributed by atoms with E-state index in [9.17, 15) is 9.59 Å². The summed E-state index contributed by atoms with van der Waals surface area (Å²) in [5.74, 6) is -0.385. The van der Waals surface area contributed by atoms with Crippen molar-refractivity contribution in [3.63, 3.8) is 0 Å². The molecule has 2 amide bonds. The van der Waals surface area contributed by atoms with E-state index >= 15 is 0 Å². The van der Waals surface area contributed by atoms with E-state index in [1.807, 2.05) is 0 Å². The van der Waals surface area contributed by atoms with Gasteiger partial charge in [-0.25, -0.2) is 0 Å². The third-order valence-electron chi connectivity index (χ3n) is 3.55. The Kier molecular flexibility index (Phi) is 7.25. The van der Waals surface area contributed by atoms with Gasteiger partial charge in [0.05, 0.1) is 13.2 Å². The number of nitrogens with one attached hydrogen (secondary N) is 1. The highest BCUT2D eigenvalue weighted by molar-refractivity contribution is 5.90. The molecule has 1 unspecified atom stereocenters. The molecule has 0 bridgehead atoms. The zero-order valence-electron chi connectivity index (χ0n) is 12.4. The standard InChI is InChI=1S/C14H25N3O3/c1-4-14(19)16(2)11-13(18)15-10-12-6-5-7-17(12)8-9-20-3/h4,12H,1,5-11H2,2-3H3,(H,15,18). The van der Waals surface area contributed by atoms with Crippen molar-refractivity contribution in [3.8, 4) is 0 Å². The van der Waals surface area contributed by atoms with Gasteiger partial charge in [0.15, 0.2) is 0 Å². The van der Waals surface area contributed by atoms with Gasteiger partial charge in [0.1, 0.15) is 0 Å². The highest BCUT2D eigenvalue weighted by Gasteiger charge is 2.24. The Bertz CT molecular complexity index is 347. The molecule has 1 fully saturated rings. The second kappa shape index (κ2) is 8.71. The SMILES string of the molecule is C=CC(=O)N(C)CC(=O)NCC1CCCN1CCOC. The quantitative estimate of drug-likeness (QED) is 0.630. The van der Waals surface area contributed by atoms with Gasteiger partial charge in [0.25, 0.3) is 0 Å². The molecule has 0 spiro atoms. The molecule has 1 aliphatic heterocycles. The smallest absolute Gasteiger partial charge is 0.246 e. The van der Waals surface area contributed by atoms with E-state index in [0.29, 0.717) is 19.2 Å². The second-order valence-electron chi connectivity index (χ2n) is 5.03. The summed E-state index contributed by atoms with van der Waals surface area (Å²) in [5, 5.41) is 2.89. The van der Waals surface area contributed by atoms with Crippen LogP contribution in [-0.4, -0.2) is 74.6 Å². The highest BCUT2D eigenvalue weighted by atomic mass is 16.5. The Labute approximate surface area is 120 Å². The molecule has 6 nitrogen and oxygen atoms in total. The number of methoxy groups -OCH3 is 1. The lowest BCUT2D eigenvalue weighted by Crippen LogP contribution is -2.44. The number of carbonyl (C=O) groups excluding carboxylic acids is 2. The molecule has 0 aromatic heterocycles. The Morgan fingerprint density at radius 1 is 1.55 bits per heavy atom. The van der Waals surface area contributed by atoms with E-state index in [1.165, 1.54) is 11.0 Å². The van der Waals surface area contributed by atoms with Crippen molar-refractivity contribution in [1.82, 2.24) is 15.1 Å². The van der Waals surface area contributed by atoms with Crippen molar-refractivity contribution in [2.24, 2.45) is 0 Å². The van der Waals surface area contributed by atoms with E-state index in [4.69, 9.17) is 4.74 Å². The maximum absolute atomic E-state index is 11.8. The van der Waals surface area contributed by atoms with Gasteiger partial charge in [-0.15, -0.1) is 0 Å². The van der Waals surface area contributed by atoms with E-state index in [2.05, 4.69) is 16.8 Å². The average molecular weight is 283 g/mol. The Morgan fingerprint density at radius 2 is 2.30 bits per heavy atom. The van der Waals surface area contributed by atoms with Crippen molar-refractivity contribution >= 4 is 11.8 Å². The van der Waals surface area contributed by atoms with Gasteiger partial charge in [-0.3, -0.25) is 14.5 Å². The molecule has 1 aliphatic rings. The molecule has 0 aliphatic carbocycles. The Hall–Kier alpha value is -1.40. The number of likely N-dealkylation sites (tertiary alicyclic amines) is 1. The number of rotatable bonds is 8. The number of nitrogens with zero attached hydrogens (tertiary/aromatic N) is 2. The van der Waals surface area contributed by atoms with Crippen LogP contribution in [0.25, 0.3) is 0 Å². The number of likely N-dealkylation sites (N-methyl/N-ethyl adjacent to an activating group) is 1. The number of amides is 2. The number of ether oxygens (including phenoxy) is 1. The molecule has 1 rings (SSSR count). The fourth-order valence-corrected chi connectivity index (χ4v) is 2.37. The molecule has 0 radical (unpaired) electrons. The minimum Gasteiger partial charge on any atom is -0.383 e. The average Bonchev–Trinajstić information content (AvgIpc) is 2.89. The summed E-state index contributed by atoms with van der Waals surface area (Å²) >= 11 is 0. The van der Waals surface area contributed by atoms with Crippen molar-refractivity contribution < 1.29 is 14.3 Å². The molecule has 1 N–H and O–H groups in total. The molecule has 1 saturated heterocycles. The summed E-state index contributed by atoms with van der Waals surface area (Å²) in [6.45, 7) is 6.74. The van der Waals surface area contributed by atoms with Crippen LogP contribution >= 0.6 is 0 Å². The summed E-state index contributed by atoms with van der Waals surface area (Å²) in [7, 11) is 3.28. The molecule has 0 saturated carbocycles. The van der Waals surface area contributed by atoms with E-state index in [-0.39, 0.29) is 18.4 Å². The van der Waals surface area contributed by atoms with Crippen LogP contribution in [0.1, 0.15) is 12.8 Å². The molecule has 20 heavy (non-hydrogen) atoms. The maximum atomic E-state index is 11.8. The van der Waals surface area contributed by atoms with Crippen molar-refractivity contribution in [2.45, 2.75) is 18.9 Å². The van der Waals surface area contributed by atoms with Crippen LogP contribution in [0.2, 0.25) is 0 Å². The predicted molar refractivity (Wildman–Crippen MR) is 77.3 cm³/mol. The first-order valence-corrected chi connectivity index (χ1v) is 6.95. The Morgan fingerprint density at radius 3 is 2.95 bits per heavy atom. The molecule has 1 heterocycles. The van der Waals surface area contributed by atoms with Gasteiger partial charge in [-0.2, -0.15) is 0 Å². The van der Waals surface area contributed by atoms with E-state index in [0.717, 1.165) is 25.9 Å². The lowest BCUT2D eigenvalue weighted by molar-refractivity contribution is -0.131. The van der Waals surface area contributed by atoms with Gasteiger partial charge in [0.2, 0.25) is 11.8 Å². The van der Waals surface area contributed by atoms with Crippen LogP contribution in [0.4, 0.5) is 0 Å². The lowest BCUT2D eigenvalue weighted by atomic mass is 10.2. The van der Waals surface area contributed by atoms with Crippen LogP contribution in [0.15, 0.2) is 12.7 Å². The minimum atomic E-state index is -0.247. The molecule has 114 valence electrons. The van der Waals surface area contributed by atoms with Gasteiger partial charge in [-0.1, -0.05) is 6.58 Å². The number of hydrogen-bond donors (Lipinski definition) is 1. The van der Waals surface area contributed by atoms with E-state index < -0.39 is 0 Å². The second-order valence-corrected chi connectivity index (χ2v) is 5.03.